The molecule has 4 aromatic rings. The molecule has 0 radical (unpaired) electrons. The van der Waals surface area contributed by atoms with Gasteiger partial charge in [0, 0.05) is 35.3 Å². The number of rotatable bonds is 14. The molecule has 1 atom stereocenters. The topological polar surface area (TPSA) is 95.9 Å². The van der Waals surface area contributed by atoms with Crippen LogP contribution in [0.2, 0.25) is 0 Å². The molecule has 0 fully saturated rings. The van der Waals surface area contributed by atoms with E-state index in [1.54, 1.807) is 65.6 Å². The van der Waals surface area contributed by atoms with Crippen molar-refractivity contribution in [1.82, 2.24) is 0 Å². The maximum absolute atomic E-state index is 13.1. The van der Waals surface area contributed by atoms with Crippen molar-refractivity contribution in [2.24, 2.45) is 5.92 Å². The highest BCUT2D eigenvalue weighted by molar-refractivity contribution is 6.12. The quantitative estimate of drug-likeness (QED) is 0.160. The highest BCUT2D eigenvalue weighted by atomic mass is 16.5. The molecule has 7 nitrogen and oxygen atoms in total. The first kappa shape index (κ1) is 31.0. The molecule has 0 aliphatic heterocycles. The molecule has 0 bridgehead atoms. The Bertz CT molecular complexity index is 1530. The third-order valence-corrected chi connectivity index (χ3v) is 7.07. The monoisotopic (exact) mass is 578 g/mol. The molecule has 0 aliphatic carbocycles. The summed E-state index contributed by atoms with van der Waals surface area (Å²) >= 11 is 0. The smallest absolute Gasteiger partial charge is 0.326 e. The number of ketones is 1. The van der Waals surface area contributed by atoms with E-state index in [4.69, 9.17) is 4.74 Å². The lowest BCUT2D eigenvalue weighted by molar-refractivity contribution is -0.137. The van der Waals surface area contributed by atoms with Crippen molar-refractivity contribution in [3.63, 3.8) is 0 Å². The number of nitrogens with one attached hydrogen (secondary N) is 1. The molecule has 4 rings (SSSR count). The lowest BCUT2D eigenvalue weighted by Crippen LogP contribution is -2.35. The van der Waals surface area contributed by atoms with Crippen LogP contribution in [0.1, 0.15) is 47.3 Å². The van der Waals surface area contributed by atoms with Crippen molar-refractivity contribution in [3.05, 3.63) is 125 Å². The fourth-order valence-corrected chi connectivity index (χ4v) is 4.86. The summed E-state index contributed by atoms with van der Waals surface area (Å²) in [6.07, 6.45) is 0.654. The third-order valence-electron chi connectivity index (χ3n) is 7.07. The molecule has 4 aromatic carbocycles. The van der Waals surface area contributed by atoms with Gasteiger partial charge in [0.25, 0.3) is 0 Å². The molecule has 7 heteroatoms. The second kappa shape index (κ2) is 14.8. The van der Waals surface area contributed by atoms with Gasteiger partial charge < -0.3 is 20.1 Å². The van der Waals surface area contributed by atoms with Crippen molar-refractivity contribution in [2.75, 3.05) is 23.4 Å². The Morgan fingerprint density at radius 1 is 0.837 bits per heavy atom. The normalized spacial score (nSPS) is 11.5. The third kappa shape index (κ3) is 8.55. The number of carbonyl (C=O) groups excluding carboxylic acids is 2. The summed E-state index contributed by atoms with van der Waals surface area (Å²) in [5, 5.41) is 13.0. The molecule has 1 unspecified atom stereocenters. The van der Waals surface area contributed by atoms with Crippen LogP contribution in [-0.2, 0) is 16.0 Å². The van der Waals surface area contributed by atoms with Crippen LogP contribution >= 0.6 is 0 Å². The van der Waals surface area contributed by atoms with Gasteiger partial charge in [0.2, 0.25) is 5.91 Å². The number of amides is 1. The Hall–Kier alpha value is -4.91. The fraction of sp³-hybridized carbons (Fsp3) is 0.250. The Kier molecular flexibility index (Phi) is 10.7. The van der Waals surface area contributed by atoms with Crippen LogP contribution in [-0.4, -0.2) is 42.0 Å². The van der Waals surface area contributed by atoms with Gasteiger partial charge in [-0.25, -0.2) is 4.79 Å². The van der Waals surface area contributed by atoms with Crippen LogP contribution in [0.15, 0.2) is 103 Å². The number of anilines is 2. The van der Waals surface area contributed by atoms with Crippen LogP contribution < -0.4 is 15.0 Å². The van der Waals surface area contributed by atoms with Gasteiger partial charge in [-0.1, -0.05) is 86.6 Å². The van der Waals surface area contributed by atoms with E-state index < -0.39 is 12.0 Å². The van der Waals surface area contributed by atoms with Gasteiger partial charge in [0.1, 0.15) is 18.4 Å². The Labute approximate surface area is 253 Å². The van der Waals surface area contributed by atoms with Gasteiger partial charge in [-0.05, 0) is 54.3 Å². The Balaban J connectivity index is 1.40. The van der Waals surface area contributed by atoms with Crippen LogP contribution in [0.4, 0.5) is 11.4 Å². The number of carboxylic acid groups (broad SMARTS) is 1. The molecule has 0 heterocycles. The summed E-state index contributed by atoms with van der Waals surface area (Å²) in [4.78, 5) is 40.1. The van der Waals surface area contributed by atoms with E-state index >= 15 is 0 Å². The number of carbonyl (C=O) groups is 3. The zero-order valence-electron chi connectivity index (χ0n) is 24.8. The van der Waals surface area contributed by atoms with Gasteiger partial charge in [-0.2, -0.15) is 0 Å². The van der Waals surface area contributed by atoms with E-state index in [1.165, 1.54) is 0 Å². The maximum Gasteiger partial charge on any atom is 0.326 e. The van der Waals surface area contributed by atoms with Crippen LogP contribution in [0.5, 0.6) is 5.75 Å². The summed E-state index contributed by atoms with van der Waals surface area (Å²) in [5.41, 5.74) is 4.12. The summed E-state index contributed by atoms with van der Waals surface area (Å²) in [6.45, 7) is 6.76. The first-order chi connectivity index (χ1) is 20.7. The molecule has 222 valence electrons. The first-order valence-electron chi connectivity index (χ1n) is 14.5. The lowest BCUT2D eigenvalue weighted by atomic mass is 10.00. The predicted octanol–water partition coefficient (Wildman–Crippen LogP) is 6.79. The summed E-state index contributed by atoms with van der Waals surface area (Å²) in [7, 11) is 0. The van der Waals surface area contributed by atoms with E-state index in [9.17, 15) is 19.5 Å². The second-order valence-corrected chi connectivity index (χ2v) is 10.9. The second-order valence-electron chi connectivity index (χ2n) is 10.9. The van der Waals surface area contributed by atoms with Crippen LogP contribution in [0.3, 0.4) is 0 Å². The molecular formula is C36H38N2O5. The number of ether oxygens (including phenoxy) is 1. The highest BCUT2D eigenvalue weighted by Gasteiger charge is 2.22. The van der Waals surface area contributed by atoms with Crippen molar-refractivity contribution >= 4 is 29.0 Å². The van der Waals surface area contributed by atoms with Gasteiger partial charge >= 0.3 is 5.97 Å². The SMILES string of the molecule is Cc1ccccc1N(CCOc1ccc(CC(Nc2ccccc2C(=O)c2ccccc2)C(=O)O)cc1)C(=O)CC(C)C. The number of carboxylic acids is 1. The minimum absolute atomic E-state index is 0.0579. The summed E-state index contributed by atoms with van der Waals surface area (Å²) < 4.78 is 5.98. The molecule has 0 saturated carbocycles. The van der Waals surface area contributed by atoms with E-state index in [-0.39, 0.29) is 24.0 Å². The van der Waals surface area contributed by atoms with Crippen molar-refractivity contribution in [3.8, 4) is 5.75 Å². The van der Waals surface area contributed by atoms with E-state index in [0.29, 0.717) is 42.1 Å². The minimum Gasteiger partial charge on any atom is -0.492 e. The van der Waals surface area contributed by atoms with Crippen molar-refractivity contribution in [2.45, 2.75) is 39.7 Å². The Morgan fingerprint density at radius 2 is 1.49 bits per heavy atom. The fourth-order valence-electron chi connectivity index (χ4n) is 4.86. The molecule has 0 saturated heterocycles. The van der Waals surface area contributed by atoms with Crippen LogP contribution in [0, 0.1) is 12.8 Å². The number of benzene rings is 4. The van der Waals surface area contributed by atoms with Crippen molar-refractivity contribution < 1.29 is 24.2 Å². The van der Waals surface area contributed by atoms with E-state index in [1.807, 2.05) is 63.2 Å². The molecule has 0 aliphatic rings. The average Bonchev–Trinajstić information content (AvgIpc) is 3.00. The van der Waals surface area contributed by atoms with Gasteiger partial charge in [0.15, 0.2) is 5.78 Å². The van der Waals surface area contributed by atoms with Gasteiger partial charge in [-0.15, -0.1) is 0 Å². The standard InChI is InChI=1S/C36H38N2O5/c1-25(2)23-34(39)38(33-16-10-7-11-26(33)3)21-22-43-29-19-17-27(18-20-29)24-32(36(41)42)37-31-15-9-8-14-30(31)35(40)28-12-5-4-6-13-28/h4-20,25,32,37H,21-24H2,1-3H3,(H,41,42). The molecule has 0 aromatic heterocycles. The average molecular weight is 579 g/mol. The first-order valence-corrected chi connectivity index (χ1v) is 14.5. The zero-order chi connectivity index (χ0) is 30.8. The summed E-state index contributed by atoms with van der Waals surface area (Å²) in [5.74, 6) is -0.272. The van der Waals surface area contributed by atoms with E-state index in [2.05, 4.69) is 5.32 Å². The molecule has 43 heavy (non-hydrogen) atoms. The highest BCUT2D eigenvalue weighted by Crippen LogP contribution is 2.23. The van der Waals surface area contributed by atoms with Crippen LogP contribution in [0.25, 0.3) is 0 Å². The number of hydrogen-bond donors (Lipinski definition) is 2. The molecule has 2 N–H and O–H groups in total. The zero-order valence-corrected chi connectivity index (χ0v) is 24.8. The van der Waals surface area contributed by atoms with E-state index in [0.717, 1.165) is 16.8 Å². The molecule has 1 amide bonds. The molecular weight excluding hydrogens is 540 g/mol. The largest absolute Gasteiger partial charge is 0.492 e. The van der Waals surface area contributed by atoms with Gasteiger partial charge in [-0.3, -0.25) is 9.59 Å². The minimum atomic E-state index is -1.02. The molecule has 0 spiro atoms. The number of nitrogens with zero attached hydrogens (tertiary/aromatic N) is 1. The van der Waals surface area contributed by atoms with Crippen molar-refractivity contribution in [1.29, 1.82) is 0 Å². The van der Waals surface area contributed by atoms with Gasteiger partial charge in [0.05, 0.1) is 6.54 Å². The Morgan fingerprint density at radius 3 is 2.16 bits per heavy atom. The number of hydrogen-bond acceptors (Lipinski definition) is 5. The predicted molar refractivity (Wildman–Crippen MR) is 170 cm³/mol. The number of para-hydroxylation sites is 2. The maximum atomic E-state index is 13.1. The number of aliphatic carboxylic acids is 1. The number of aryl methyl sites for hydroxylation is 1. The summed E-state index contributed by atoms with van der Waals surface area (Å²) in [6, 6.07) is 30.0. The lowest BCUT2D eigenvalue weighted by Gasteiger charge is -2.25.